The van der Waals surface area contributed by atoms with Gasteiger partial charge in [-0.05, 0) is 31.9 Å². The van der Waals surface area contributed by atoms with Gasteiger partial charge in [0.1, 0.15) is 12.4 Å². The molecule has 0 heterocycles. The van der Waals surface area contributed by atoms with E-state index < -0.39 is 6.10 Å². The first kappa shape index (κ1) is 15.0. The second-order valence-corrected chi connectivity index (χ2v) is 4.76. The van der Waals surface area contributed by atoms with Gasteiger partial charge in [-0.3, -0.25) is 0 Å². The van der Waals surface area contributed by atoms with Crippen LogP contribution in [-0.4, -0.2) is 29.0 Å². The van der Waals surface area contributed by atoms with Crippen LogP contribution in [0.5, 0.6) is 5.75 Å². The summed E-state index contributed by atoms with van der Waals surface area (Å²) >= 11 is 0. The molecule has 0 saturated carbocycles. The minimum atomic E-state index is -0.406. The van der Waals surface area contributed by atoms with Gasteiger partial charge in [-0.1, -0.05) is 37.5 Å². The molecule has 3 heteroatoms. The molecular weight excluding hydrogens is 228 g/mol. The monoisotopic (exact) mass is 252 g/mol. The van der Waals surface area contributed by atoms with Crippen molar-refractivity contribution in [2.75, 3.05) is 6.61 Å². The zero-order chi connectivity index (χ0) is 13.2. The smallest absolute Gasteiger partial charge is 0.119 e. The van der Waals surface area contributed by atoms with Crippen LogP contribution < -0.4 is 4.74 Å². The van der Waals surface area contributed by atoms with E-state index in [0.717, 1.165) is 37.9 Å². The quantitative estimate of drug-likeness (QED) is 0.664. The zero-order valence-electron chi connectivity index (χ0n) is 11.1. The minimum absolute atomic E-state index is 0.212. The van der Waals surface area contributed by atoms with E-state index in [-0.39, 0.29) is 6.10 Å². The number of aliphatic hydroxyl groups excluding tert-OH is 2. The van der Waals surface area contributed by atoms with Gasteiger partial charge in [0.05, 0.1) is 12.2 Å². The fourth-order valence-electron chi connectivity index (χ4n) is 1.79. The molecule has 0 aliphatic rings. The van der Waals surface area contributed by atoms with Gasteiger partial charge in [-0.15, -0.1) is 0 Å². The molecule has 3 nitrogen and oxygen atoms in total. The molecule has 0 spiro atoms. The molecule has 102 valence electrons. The average Bonchev–Trinajstić information content (AvgIpc) is 2.37. The summed E-state index contributed by atoms with van der Waals surface area (Å²) in [7, 11) is 0. The number of benzene rings is 1. The van der Waals surface area contributed by atoms with E-state index >= 15 is 0 Å². The average molecular weight is 252 g/mol. The molecule has 0 aliphatic heterocycles. The predicted molar refractivity (Wildman–Crippen MR) is 72.7 cm³/mol. The minimum Gasteiger partial charge on any atom is -0.491 e. The molecule has 2 atom stereocenters. The first-order valence-corrected chi connectivity index (χ1v) is 6.72. The maximum atomic E-state index is 9.74. The molecule has 18 heavy (non-hydrogen) atoms. The third kappa shape index (κ3) is 7.30. The summed E-state index contributed by atoms with van der Waals surface area (Å²) in [6, 6.07) is 9.53. The molecule has 1 rings (SSSR count). The first-order valence-electron chi connectivity index (χ1n) is 6.72. The fourth-order valence-corrected chi connectivity index (χ4v) is 1.79. The topological polar surface area (TPSA) is 49.7 Å². The largest absolute Gasteiger partial charge is 0.491 e. The molecule has 2 N–H and O–H groups in total. The summed E-state index contributed by atoms with van der Waals surface area (Å²) in [4.78, 5) is 0. The molecule has 0 radical (unpaired) electrons. The zero-order valence-corrected chi connectivity index (χ0v) is 11.1. The predicted octanol–water partition coefficient (Wildman–Crippen LogP) is 2.76. The number of hydrogen-bond donors (Lipinski definition) is 2. The van der Waals surface area contributed by atoms with Gasteiger partial charge in [0.15, 0.2) is 0 Å². The summed E-state index contributed by atoms with van der Waals surface area (Å²) in [5, 5.41) is 18.8. The van der Waals surface area contributed by atoms with E-state index in [1.165, 1.54) is 0 Å². The van der Waals surface area contributed by atoms with E-state index in [4.69, 9.17) is 9.84 Å². The Balaban J connectivity index is 2.02. The summed E-state index contributed by atoms with van der Waals surface area (Å²) in [5.74, 6) is 0.797. The van der Waals surface area contributed by atoms with Gasteiger partial charge in [0.25, 0.3) is 0 Å². The Morgan fingerprint density at radius 2 is 1.67 bits per heavy atom. The van der Waals surface area contributed by atoms with Crippen molar-refractivity contribution in [3.8, 4) is 5.75 Å². The van der Waals surface area contributed by atoms with E-state index in [0.29, 0.717) is 6.61 Å². The highest BCUT2D eigenvalue weighted by atomic mass is 16.5. The summed E-state index contributed by atoms with van der Waals surface area (Å²) in [6.45, 7) is 2.16. The molecule has 0 saturated heterocycles. The van der Waals surface area contributed by atoms with Crippen molar-refractivity contribution in [2.24, 2.45) is 0 Å². The van der Waals surface area contributed by atoms with Crippen LogP contribution >= 0.6 is 0 Å². The van der Waals surface area contributed by atoms with Crippen LogP contribution in [-0.2, 0) is 0 Å². The molecule has 0 aromatic heterocycles. The van der Waals surface area contributed by atoms with Crippen LogP contribution in [0.25, 0.3) is 0 Å². The number of aliphatic hydroxyl groups is 2. The first-order chi connectivity index (χ1) is 8.68. The Hall–Kier alpha value is -1.06. The van der Waals surface area contributed by atoms with Crippen molar-refractivity contribution in [3.05, 3.63) is 30.3 Å². The highest BCUT2D eigenvalue weighted by Gasteiger charge is 2.05. The van der Waals surface area contributed by atoms with Crippen molar-refractivity contribution in [2.45, 2.75) is 51.2 Å². The molecular formula is C15H24O3. The molecule has 0 bridgehead atoms. The van der Waals surface area contributed by atoms with Gasteiger partial charge in [0.2, 0.25) is 0 Å². The highest BCUT2D eigenvalue weighted by molar-refractivity contribution is 5.20. The number of hydrogen-bond acceptors (Lipinski definition) is 3. The maximum Gasteiger partial charge on any atom is 0.119 e. The third-order valence-corrected chi connectivity index (χ3v) is 2.84. The molecule has 0 fully saturated rings. The Labute approximate surface area is 109 Å². The standard InChI is InChI=1S/C15H24O3/c1-13(16)8-4-2-5-9-14(17)12-18-15-10-6-3-7-11-15/h3,6-7,10-11,13-14,16-17H,2,4-5,8-9,12H2,1H3. The van der Waals surface area contributed by atoms with Crippen LogP contribution in [0.15, 0.2) is 30.3 Å². The Bertz CT molecular complexity index is 298. The highest BCUT2D eigenvalue weighted by Crippen LogP contribution is 2.11. The van der Waals surface area contributed by atoms with E-state index in [2.05, 4.69) is 0 Å². The van der Waals surface area contributed by atoms with Crippen LogP contribution in [0.2, 0.25) is 0 Å². The number of ether oxygens (including phenoxy) is 1. The van der Waals surface area contributed by atoms with Crippen molar-refractivity contribution in [1.82, 2.24) is 0 Å². The molecule has 1 aromatic carbocycles. The van der Waals surface area contributed by atoms with E-state index in [1.54, 1.807) is 0 Å². The van der Waals surface area contributed by atoms with Gasteiger partial charge in [-0.25, -0.2) is 0 Å². The number of unbranched alkanes of at least 4 members (excludes halogenated alkanes) is 2. The molecule has 1 aromatic rings. The summed E-state index contributed by atoms with van der Waals surface area (Å²) < 4.78 is 5.47. The fraction of sp³-hybridized carbons (Fsp3) is 0.600. The summed E-state index contributed by atoms with van der Waals surface area (Å²) in [6.07, 6.45) is 4.03. The maximum absolute atomic E-state index is 9.74. The van der Waals surface area contributed by atoms with Gasteiger partial charge in [-0.2, -0.15) is 0 Å². The third-order valence-electron chi connectivity index (χ3n) is 2.84. The SMILES string of the molecule is CC(O)CCCCCC(O)COc1ccccc1. The van der Waals surface area contributed by atoms with Crippen molar-refractivity contribution in [3.63, 3.8) is 0 Å². The normalized spacial score (nSPS) is 14.2. The number of para-hydroxylation sites is 1. The van der Waals surface area contributed by atoms with Crippen LogP contribution in [0, 0.1) is 0 Å². The lowest BCUT2D eigenvalue weighted by molar-refractivity contribution is 0.0970. The van der Waals surface area contributed by atoms with Crippen LogP contribution in [0.4, 0.5) is 0 Å². The van der Waals surface area contributed by atoms with Gasteiger partial charge < -0.3 is 14.9 Å². The Morgan fingerprint density at radius 3 is 2.33 bits per heavy atom. The molecule has 2 unspecified atom stereocenters. The van der Waals surface area contributed by atoms with Crippen LogP contribution in [0.1, 0.15) is 39.0 Å². The van der Waals surface area contributed by atoms with Gasteiger partial charge >= 0.3 is 0 Å². The lowest BCUT2D eigenvalue weighted by atomic mass is 10.1. The van der Waals surface area contributed by atoms with E-state index in [1.807, 2.05) is 37.3 Å². The lowest BCUT2D eigenvalue weighted by Gasteiger charge is -2.12. The second-order valence-electron chi connectivity index (χ2n) is 4.76. The summed E-state index contributed by atoms with van der Waals surface area (Å²) in [5.41, 5.74) is 0. The second kappa shape index (κ2) is 8.95. The van der Waals surface area contributed by atoms with Crippen molar-refractivity contribution >= 4 is 0 Å². The lowest BCUT2D eigenvalue weighted by Crippen LogP contribution is -2.17. The molecule has 0 aliphatic carbocycles. The number of rotatable bonds is 9. The van der Waals surface area contributed by atoms with Crippen molar-refractivity contribution < 1.29 is 14.9 Å². The molecule has 0 amide bonds. The Morgan fingerprint density at radius 1 is 1.00 bits per heavy atom. The van der Waals surface area contributed by atoms with Crippen molar-refractivity contribution in [1.29, 1.82) is 0 Å². The Kier molecular flexibility index (Phi) is 7.46. The van der Waals surface area contributed by atoms with E-state index in [9.17, 15) is 5.11 Å². The van der Waals surface area contributed by atoms with Gasteiger partial charge in [0, 0.05) is 0 Å². The van der Waals surface area contributed by atoms with Crippen LogP contribution in [0.3, 0.4) is 0 Å².